The van der Waals surface area contributed by atoms with E-state index in [4.69, 9.17) is 8.85 Å². The van der Waals surface area contributed by atoms with Crippen molar-refractivity contribution in [3.8, 4) is 0 Å². The first-order valence-electron chi connectivity index (χ1n) is 12.9. The first kappa shape index (κ1) is 27.7. The number of fused-ring (bicyclic) bond motifs is 1. The second-order valence-electron chi connectivity index (χ2n) is 12.2. The van der Waals surface area contributed by atoms with Crippen molar-refractivity contribution in [3.05, 3.63) is 23.3 Å². The molecular weight excluding hydrogens is 428 g/mol. The van der Waals surface area contributed by atoms with Gasteiger partial charge in [-0.2, -0.15) is 0 Å². The Balaban J connectivity index is 2.16. The minimum absolute atomic E-state index is 0.0785. The number of carbonyl (C=O) groups excluding carboxylic acids is 1. The fraction of sp³-hybridized carbons (Fsp3) is 0.815. The normalized spacial score (nSPS) is 27.5. The zero-order valence-electron chi connectivity index (χ0n) is 22.7. The lowest BCUT2D eigenvalue weighted by Crippen LogP contribution is -2.48. The molecule has 3 atom stereocenters. The maximum atomic E-state index is 13.4. The highest BCUT2D eigenvalue weighted by Crippen LogP contribution is 2.52. The molecule has 0 aromatic rings. The molecule has 0 radical (unpaired) electrons. The quantitative estimate of drug-likeness (QED) is 0.248. The molecule has 0 bridgehead atoms. The third-order valence-electron chi connectivity index (χ3n) is 9.30. The molecule has 5 heteroatoms. The van der Waals surface area contributed by atoms with Gasteiger partial charge in [0.25, 0.3) is 0 Å². The minimum atomic E-state index is -1.81. The summed E-state index contributed by atoms with van der Waals surface area (Å²) in [6.45, 7) is 27.7. The predicted molar refractivity (Wildman–Crippen MR) is 142 cm³/mol. The summed E-state index contributed by atoms with van der Waals surface area (Å²) in [5.41, 5.74) is 3.62. The van der Waals surface area contributed by atoms with Crippen LogP contribution < -0.4 is 0 Å². The van der Waals surface area contributed by atoms with Crippen molar-refractivity contribution in [1.82, 2.24) is 0 Å². The summed E-state index contributed by atoms with van der Waals surface area (Å²) in [7, 11) is -3.60. The number of rotatable bonds is 9. The molecule has 0 saturated heterocycles. The highest BCUT2D eigenvalue weighted by atomic mass is 28.4. The number of Topliss-reactive ketones (excluding diaryl/α,β-unsaturated/α-hetero) is 1. The largest absolute Gasteiger partial charge is 0.413 e. The van der Waals surface area contributed by atoms with E-state index in [1.807, 2.05) is 0 Å². The van der Waals surface area contributed by atoms with Crippen LogP contribution in [0.15, 0.2) is 23.3 Å². The van der Waals surface area contributed by atoms with Crippen LogP contribution >= 0.6 is 0 Å². The van der Waals surface area contributed by atoms with Gasteiger partial charge in [0.1, 0.15) is 6.10 Å². The molecule has 3 nitrogen and oxygen atoms in total. The Labute approximate surface area is 200 Å². The van der Waals surface area contributed by atoms with E-state index in [1.54, 1.807) is 0 Å². The molecule has 0 amide bonds. The van der Waals surface area contributed by atoms with Gasteiger partial charge in [-0.3, -0.25) is 4.79 Å². The first-order chi connectivity index (χ1) is 14.6. The summed E-state index contributed by atoms with van der Waals surface area (Å²) in [5.74, 6) is 0.659. The van der Waals surface area contributed by atoms with E-state index >= 15 is 0 Å². The van der Waals surface area contributed by atoms with E-state index in [2.05, 4.69) is 75.1 Å². The second kappa shape index (κ2) is 10.0. The Hall–Kier alpha value is -0.496. The van der Waals surface area contributed by atoms with Gasteiger partial charge in [0.05, 0.1) is 6.61 Å². The molecule has 32 heavy (non-hydrogen) atoms. The van der Waals surface area contributed by atoms with Gasteiger partial charge in [0, 0.05) is 0 Å². The van der Waals surface area contributed by atoms with Crippen LogP contribution in [-0.4, -0.2) is 35.1 Å². The van der Waals surface area contributed by atoms with Crippen LogP contribution in [0.2, 0.25) is 36.3 Å². The molecular formula is C27H50O3Si2. The van der Waals surface area contributed by atoms with Crippen LogP contribution in [0.25, 0.3) is 0 Å². The van der Waals surface area contributed by atoms with Gasteiger partial charge in [-0.05, 0) is 91.4 Å². The van der Waals surface area contributed by atoms with Gasteiger partial charge in [-0.1, -0.05) is 60.6 Å². The molecule has 0 spiro atoms. The maximum absolute atomic E-state index is 13.4. The Morgan fingerprint density at radius 3 is 2.22 bits per heavy atom. The molecule has 0 aromatic heterocycles. The van der Waals surface area contributed by atoms with E-state index in [9.17, 15) is 4.79 Å². The van der Waals surface area contributed by atoms with Gasteiger partial charge >= 0.3 is 0 Å². The molecule has 0 aromatic carbocycles. The third-order valence-corrected chi connectivity index (χ3v) is 18.4. The van der Waals surface area contributed by atoms with E-state index in [0.29, 0.717) is 12.5 Å². The second-order valence-corrected chi connectivity index (χ2v) is 21.8. The first-order valence-corrected chi connectivity index (χ1v) is 18.3. The van der Waals surface area contributed by atoms with E-state index in [-0.39, 0.29) is 22.3 Å². The summed E-state index contributed by atoms with van der Waals surface area (Å²) in [6, 6.07) is 3.27. The number of ketones is 1. The average Bonchev–Trinajstić information content (AvgIpc) is 2.73. The lowest BCUT2D eigenvalue weighted by atomic mass is 9.60. The van der Waals surface area contributed by atoms with Gasteiger partial charge < -0.3 is 8.85 Å². The van der Waals surface area contributed by atoms with Crippen molar-refractivity contribution < 1.29 is 13.6 Å². The molecule has 2 aliphatic rings. The molecule has 1 saturated carbocycles. The Bertz CT molecular complexity index is 734. The zero-order chi connectivity index (χ0) is 24.5. The smallest absolute Gasteiger partial charge is 0.193 e. The van der Waals surface area contributed by atoms with Crippen LogP contribution in [0.1, 0.15) is 81.1 Å². The van der Waals surface area contributed by atoms with Crippen molar-refractivity contribution in [3.63, 3.8) is 0 Å². The molecule has 184 valence electrons. The summed E-state index contributed by atoms with van der Waals surface area (Å²) >= 11 is 0. The van der Waals surface area contributed by atoms with Crippen LogP contribution in [-0.2, 0) is 13.6 Å². The minimum Gasteiger partial charge on any atom is -0.413 e. The lowest BCUT2D eigenvalue weighted by Gasteiger charge is -2.48. The standard InChI is InChI=1S/C27H50O3Si2/c1-12-32(13-2,14-3)30-24-18-27(9)16-15-22(17-23(27)21(5)25(24)28)20(4)19-29-31(10,11)26(6,7)8/h22,24H,4,12-19H2,1-3,5-11H3/t22-,24?,27?/m1/s1. The summed E-state index contributed by atoms with van der Waals surface area (Å²) in [4.78, 5) is 13.4. The van der Waals surface area contributed by atoms with Crippen molar-refractivity contribution in [2.75, 3.05) is 6.61 Å². The highest BCUT2D eigenvalue weighted by molar-refractivity contribution is 6.74. The fourth-order valence-electron chi connectivity index (χ4n) is 5.31. The van der Waals surface area contributed by atoms with Crippen molar-refractivity contribution in [2.24, 2.45) is 11.3 Å². The van der Waals surface area contributed by atoms with Crippen LogP contribution in [0.3, 0.4) is 0 Å². The Morgan fingerprint density at radius 2 is 1.72 bits per heavy atom. The summed E-state index contributed by atoms with van der Waals surface area (Å²) < 4.78 is 13.2. The van der Waals surface area contributed by atoms with E-state index < -0.39 is 16.6 Å². The van der Waals surface area contributed by atoms with Gasteiger partial charge in [-0.15, -0.1) is 0 Å². The van der Waals surface area contributed by atoms with Crippen LogP contribution in [0.4, 0.5) is 0 Å². The van der Waals surface area contributed by atoms with Gasteiger partial charge in [0.2, 0.25) is 0 Å². The van der Waals surface area contributed by atoms with Gasteiger partial charge in [0.15, 0.2) is 22.4 Å². The summed E-state index contributed by atoms with van der Waals surface area (Å²) in [6.07, 6.45) is 3.81. The van der Waals surface area contributed by atoms with Crippen LogP contribution in [0, 0.1) is 11.3 Å². The zero-order valence-corrected chi connectivity index (χ0v) is 24.7. The van der Waals surface area contributed by atoms with Crippen LogP contribution in [0.5, 0.6) is 0 Å². The van der Waals surface area contributed by atoms with E-state index in [0.717, 1.165) is 49.4 Å². The highest BCUT2D eigenvalue weighted by Gasteiger charge is 2.47. The number of hydrogen-bond donors (Lipinski definition) is 0. The molecule has 2 aliphatic carbocycles. The molecule has 2 unspecified atom stereocenters. The third kappa shape index (κ3) is 5.59. The lowest BCUT2D eigenvalue weighted by molar-refractivity contribution is -0.125. The molecule has 1 fully saturated rings. The topological polar surface area (TPSA) is 35.5 Å². The Morgan fingerprint density at radius 1 is 1.16 bits per heavy atom. The van der Waals surface area contributed by atoms with Gasteiger partial charge in [-0.25, -0.2) is 0 Å². The Kier molecular flexibility index (Phi) is 8.68. The average molecular weight is 479 g/mol. The SMILES string of the molecule is C=C(CO[Si](C)(C)C(C)(C)C)[C@@H]1CCC2(C)CC(O[Si](CC)(CC)CC)C(=O)C(C)=C2C1. The van der Waals surface area contributed by atoms with Crippen molar-refractivity contribution >= 4 is 22.4 Å². The fourth-order valence-corrected chi connectivity index (χ4v) is 9.09. The number of carbonyl (C=O) groups is 1. The van der Waals surface area contributed by atoms with Crippen molar-refractivity contribution in [1.29, 1.82) is 0 Å². The predicted octanol–water partition coefficient (Wildman–Crippen LogP) is 8.05. The van der Waals surface area contributed by atoms with E-state index in [1.165, 1.54) is 11.1 Å². The molecule has 0 aliphatic heterocycles. The summed E-state index contributed by atoms with van der Waals surface area (Å²) in [5, 5.41) is 0.205. The monoisotopic (exact) mass is 478 g/mol. The molecule has 0 heterocycles. The molecule has 2 rings (SSSR count). The number of hydrogen-bond acceptors (Lipinski definition) is 3. The number of allylic oxidation sites excluding steroid dienone is 1. The van der Waals surface area contributed by atoms with Crippen molar-refractivity contribution in [2.45, 2.75) is 123 Å². The molecule has 0 N–H and O–H groups in total. The maximum Gasteiger partial charge on any atom is 0.193 e.